The maximum atomic E-state index is 10.4. The summed E-state index contributed by atoms with van der Waals surface area (Å²) in [4.78, 5) is 10.4. The first-order chi connectivity index (χ1) is 6.79. The smallest absolute Gasteiger partial charge is 0.759 e. The van der Waals surface area contributed by atoms with E-state index < -0.39 is 10.4 Å². The molecule has 0 heterocycles. The summed E-state index contributed by atoms with van der Waals surface area (Å²) in [6, 6.07) is 8.98. The largest absolute Gasteiger partial charge is 1.00 e. The van der Waals surface area contributed by atoms with Gasteiger partial charge < -0.3 is 13.8 Å². The average Bonchev–Trinajstić information content (AvgIpc) is 2.01. The Balaban J connectivity index is -0.000000247. The monoisotopic (exact) mass is 278 g/mol. The van der Waals surface area contributed by atoms with Gasteiger partial charge in [0.25, 0.3) is 0 Å². The molecule has 0 spiro atoms. The Morgan fingerprint density at radius 3 is 1.76 bits per heavy atom. The van der Waals surface area contributed by atoms with Crippen molar-refractivity contribution in [1.82, 2.24) is 0 Å². The minimum Gasteiger partial charge on any atom is -0.759 e. The molecule has 9 heteroatoms. The van der Waals surface area contributed by atoms with Gasteiger partial charge in [0.1, 0.15) is 5.75 Å². The first kappa shape index (κ1) is 22.7. The van der Waals surface area contributed by atoms with E-state index in [1.807, 2.05) is 18.2 Å². The molecule has 84 valence electrons. The number of ether oxygens (including phenoxy) is 1. The minimum atomic E-state index is -5.17. The van der Waals surface area contributed by atoms with Crippen LogP contribution in [-0.2, 0) is 15.2 Å². The van der Waals surface area contributed by atoms with Crippen molar-refractivity contribution < 1.29 is 86.2 Å². The van der Waals surface area contributed by atoms with E-state index in [9.17, 15) is 4.79 Å². The van der Waals surface area contributed by atoms with Gasteiger partial charge in [-0.2, -0.15) is 0 Å². The van der Waals surface area contributed by atoms with Gasteiger partial charge in [-0.1, -0.05) is 18.2 Å². The van der Waals surface area contributed by atoms with Crippen LogP contribution >= 0.6 is 0 Å². The number of esters is 1. The Morgan fingerprint density at radius 1 is 1.12 bits per heavy atom. The number of hydrogen-bond acceptors (Lipinski definition) is 6. The van der Waals surface area contributed by atoms with Crippen LogP contribution < -0.4 is 63.9 Å². The van der Waals surface area contributed by atoms with Crippen LogP contribution in [0.1, 0.15) is 6.92 Å². The van der Waals surface area contributed by atoms with E-state index in [4.69, 9.17) is 22.3 Å². The predicted molar refractivity (Wildman–Crippen MR) is 48.2 cm³/mol. The number of rotatable bonds is 1. The molecule has 0 bridgehead atoms. The Hall–Kier alpha value is 0.560. The van der Waals surface area contributed by atoms with Crippen LogP contribution in [0.3, 0.4) is 0 Å². The van der Waals surface area contributed by atoms with Crippen LogP contribution in [-0.4, -0.2) is 23.5 Å². The van der Waals surface area contributed by atoms with Crippen molar-refractivity contribution in [1.29, 1.82) is 0 Å². The van der Waals surface area contributed by atoms with Crippen molar-refractivity contribution in [3.8, 4) is 5.75 Å². The summed E-state index contributed by atoms with van der Waals surface area (Å²) in [7, 11) is -5.17. The molecule has 1 aromatic carbocycles. The van der Waals surface area contributed by atoms with E-state index in [1.54, 1.807) is 12.1 Å². The van der Waals surface area contributed by atoms with Crippen molar-refractivity contribution in [3.63, 3.8) is 0 Å². The van der Waals surface area contributed by atoms with E-state index in [-0.39, 0.29) is 65.1 Å². The molecule has 0 unspecified atom stereocenters. The number of carbonyl (C=O) groups excluding carboxylic acids is 1. The molecule has 0 aliphatic rings. The SMILES string of the molecule is CC(=O)Oc1ccccc1.O=S(=O)([O-])[O-].[Na+].[Na+]. The van der Waals surface area contributed by atoms with Crippen LogP contribution in [0.5, 0.6) is 5.75 Å². The third-order valence-electron chi connectivity index (χ3n) is 1.00. The molecular formula is C8H8Na2O6S. The fourth-order valence-electron chi connectivity index (χ4n) is 0.655. The normalized spacial score (nSPS) is 8.65. The Labute approximate surface area is 144 Å². The summed E-state index contributed by atoms with van der Waals surface area (Å²) in [5.74, 6) is 0.307. The summed E-state index contributed by atoms with van der Waals surface area (Å²) in [5, 5.41) is 0. The van der Waals surface area contributed by atoms with Crippen molar-refractivity contribution in [2.75, 3.05) is 0 Å². The molecule has 6 nitrogen and oxygen atoms in total. The molecule has 0 amide bonds. The first-order valence-corrected chi connectivity index (χ1v) is 5.02. The van der Waals surface area contributed by atoms with Crippen LogP contribution in [0.25, 0.3) is 0 Å². The summed E-state index contributed by atoms with van der Waals surface area (Å²) in [5.41, 5.74) is 0. The molecule has 0 aliphatic heterocycles. The van der Waals surface area contributed by atoms with Crippen LogP contribution in [0, 0.1) is 0 Å². The van der Waals surface area contributed by atoms with Crippen LogP contribution in [0.15, 0.2) is 30.3 Å². The van der Waals surface area contributed by atoms with Gasteiger partial charge in [0.05, 0.1) is 0 Å². The third kappa shape index (κ3) is 22.3. The number of hydrogen-bond donors (Lipinski definition) is 0. The summed E-state index contributed by atoms with van der Waals surface area (Å²) in [6.07, 6.45) is 0. The zero-order valence-electron chi connectivity index (χ0n) is 9.74. The van der Waals surface area contributed by atoms with Gasteiger partial charge in [-0.25, -0.2) is 0 Å². The second kappa shape index (κ2) is 11.6. The topological polar surface area (TPSA) is 107 Å². The minimum absolute atomic E-state index is 0. The van der Waals surface area contributed by atoms with Gasteiger partial charge >= 0.3 is 65.1 Å². The molecule has 1 aromatic rings. The van der Waals surface area contributed by atoms with Crippen molar-refractivity contribution in [2.24, 2.45) is 0 Å². The fourth-order valence-corrected chi connectivity index (χ4v) is 0.655. The van der Waals surface area contributed by atoms with Gasteiger partial charge in [0.15, 0.2) is 0 Å². The molecule has 17 heavy (non-hydrogen) atoms. The predicted octanol–water partition coefficient (Wildman–Crippen LogP) is -5.72. The maximum Gasteiger partial charge on any atom is 1.00 e. The zero-order valence-corrected chi connectivity index (χ0v) is 14.6. The van der Waals surface area contributed by atoms with E-state index in [1.165, 1.54) is 6.92 Å². The van der Waals surface area contributed by atoms with Gasteiger partial charge in [0, 0.05) is 17.3 Å². The van der Waals surface area contributed by atoms with Gasteiger partial charge in [-0.15, -0.1) is 0 Å². The molecular weight excluding hydrogens is 270 g/mol. The Bertz CT molecular complexity index is 397. The molecule has 0 N–H and O–H groups in total. The standard InChI is InChI=1S/C8H8O2.2Na.H2O4S/c1-7(9)10-8-5-3-2-4-6-8;;;1-5(2,3)4/h2-6H,1H3;;;(H2,1,2,3,4)/q;2*+1;/p-2. The summed E-state index contributed by atoms with van der Waals surface area (Å²) >= 11 is 0. The van der Waals surface area contributed by atoms with Gasteiger partial charge in [-0.3, -0.25) is 13.2 Å². The molecule has 0 fully saturated rings. The van der Waals surface area contributed by atoms with E-state index >= 15 is 0 Å². The number of carbonyl (C=O) groups is 1. The van der Waals surface area contributed by atoms with Gasteiger partial charge in [-0.05, 0) is 12.1 Å². The van der Waals surface area contributed by atoms with E-state index in [2.05, 4.69) is 0 Å². The second-order valence-corrected chi connectivity index (χ2v) is 3.13. The van der Waals surface area contributed by atoms with Crippen molar-refractivity contribution >= 4 is 16.4 Å². The van der Waals surface area contributed by atoms with Crippen molar-refractivity contribution in [2.45, 2.75) is 6.92 Å². The fraction of sp³-hybridized carbons (Fsp3) is 0.125. The first-order valence-electron chi connectivity index (χ1n) is 3.69. The Kier molecular flexibility index (Phi) is 15.6. The number of benzene rings is 1. The summed E-state index contributed by atoms with van der Waals surface area (Å²) in [6.45, 7) is 1.38. The maximum absolute atomic E-state index is 10.4. The summed E-state index contributed by atoms with van der Waals surface area (Å²) < 4.78 is 38.9. The quantitative estimate of drug-likeness (QED) is 0.167. The second-order valence-electron chi connectivity index (χ2n) is 2.31. The average molecular weight is 278 g/mol. The molecule has 1 rings (SSSR count). The van der Waals surface area contributed by atoms with E-state index in [0.717, 1.165) is 0 Å². The molecule has 0 aliphatic carbocycles. The van der Waals surface area contributed by atoms with Crippen LogP contribution in [0.4, 0.5) is 0 Å². The van der Waals surface area contributed by atoms with Crippen molar-refractivity contribution in [3.05, 3.63) is 30.3 Å². The third-order valence-corrected chi connectivity index (χ3v) is 1.00. The molecule has 0 saturated heterocycles. The Morgan fingerprint density at radius 2 is 1.47 bits per heavy atom. The zero-order chi connectivity index (χ0) is 11.9. The van der Waals surface area contributed by atoms with E-state index in [0.29, 0.717) is 5.75 Å². The molecule has 0 atom stereocenters. The van der Waals surface area contributed by atoms with Crippen LogP contribution in [0.2, 0.25) is 0 Å². The molecule has 0 saturated carbocycles. The van der Waals surface area contributed by atoms with Gasteiger partial charge in [0.2, 0.25) is 0 Å². The molecule has 0 aromatic heterocycles. The number of para-hydroxylation sites is 1. The molecule has 0 radical (unpaired) electrons.